The first-order chi connectivity index (χ1) is 8.61. The summed E-state index contributed by atoms with van der Waals surface area (Å²) in [5.41, 5.74) is 1.26. The summed E-state index contributed by atoms with van der Waals surface area (Å²) in [6.45, 7) is 0.0893. The van der Waals surface area contributed by atoms with Crippen LogP contribution < -0.4 is 5.32 Å². The Bertz CT molecular complexity index is 488. The van der Waals surface area contributed by atoms with Crippen molar-refractivity contribution >= 4 is 29.2 Å². The summed E-state index contributed by atoms with van der Waals surface area (Å²) < 4.78 is 4.85. The number of cyclic esters (lactones) is 1. The van der Waals surface area contributed by atoms with Crippen LogP contribution in [0.1, 0.15) is 5.56 Å². The Morgan fingerprint density at radius 1 is 1.44 bits per heavy atom. The maximum absolute atomic E-state index is 11.2. The van der Waals surface area contributed by atoms with E-state index < -0.39 is 12.1 Å². The largest absolute Gasteiger partial charge is 0.449 e. The van der Waals surface area contributed by atoms with E-state index >= 15 is 0 Å². The molecule has 0 aliphatic carbocycles. The van der Waals surface area contributed by atoms with Gasteiger partial charge in [0.2, 0.25) is 0 Å². The molecule has 1 aromatic heterocycles. The molecular formula is C11H10Cl2N2O3. The van der Waals surface area contributed by atoms with E-state index in [0.717, 1.165) is 5.56 Å². The van der Waals surface area contributed by atoms with Gasteiger partial charge in [0.15, 0.2) is 6.10 Å². The average molecular weight is 289 g/mol. The number of halogens is 2. The third-order valence-electron chi connectivity index (χ3n) is 2.42. The highest BCUT2D eigenvalue weighted by atomic mass is 35.5. The summed E-state index contributed by atoms with van der Waals surface area (Å²) in [6, 6.07) is 3.46. The van der Waals surface area contributed by atoms with Gasteiger partial charge in [0.05, 0.1) is 12.3 Å². The Kier molecular flexibility index (Phi) is 4.06. The molecule has 7 heteroatoms. The van der Waals surface area contributed by atoms with Crippen LogP contribution in [0, 0.1) is 0 Å². The van der Waals surface area contributed by atoms with Gasteiger partial charge >= 0.3 is 5.97 Å². The molecule has 1 aliphatic rings. The number of rotatable bonds is 4. The molecule has 1 unspecified atom stereocenters. The fourth-order valence-corrected chi connectivity index (χ4v) is 1.86. The van der Waals surface area contributed by atoms with Gasteiger partial charge in [-0.25, -0.2) is 9.78 Å². The zero-order valence-corrected chi connectivity index (χ0v) is 10.7. The van der Waals surface area contributed by atoms with Crippen molar-refractivity contribution in [3.63, 3.8) is 0 Å². The van der Waals surface area contributed by atoms with E-state index in [9.17, 15) is 4.79 Å². The second-order valence-electron chi connectivity index (χ2n) is 3.65. The van der Waals surface area contributed by atoms with Crippen molar-refractivity contribution in [3.8, 4) is 0 Å². The van der Waals surface area contributed by atoms with Gasteiger partial charge in [-0.15, -0.1) is 0 Å². The Hall–Kier alpha value is -1.30. The summed E-state index contributed by atoms with van der Waals surface area (Å²) in [4.78, 5) is 15.1. The second kappa shape index (κ2) is 5.56. The van der Waals surface area contributed by atoms with Crippen molar-refractivity contribution < 1.29 is 14.6 Å². The van der Waals surface area contributed by atoms with Crippen molar-refractivity contribution in [1.82, 2.24) is 10.3 Å². The third kappa shape index (κ3) is 2.75. The van der Waals surface area contributed by atoms with Gasteiger partial charge in [0.25, 0.3) is 0 Å². The third-order valence-corrected chi connectivity index (χ3v) is 3.01. The van der Waals surface area contributed by atoms with Crippen molar-refractivity contribution in [3.05, 3.63) is 39.8 Å². The van der Waals surface area contributed by atoms with Crippen molar-refractivity contribution in [2.75, 3.05) is 6.61 Å². The zero-order chi connectivity index (χ0) is 13.1. The lowest BCUT2D eigenvalue weighted by Gasteiger charge is -2.13. The molecular weight excluding hydrogens is 279 g/mol. The number of esters is 1. The summed E-state index contributed by atoms with van der Waals surface area (Å²) >= 11 is 11.5. The van der Waals surface area contributed by atoms with Crippen LogP contribution in [-0.4, -0.2) is 28.8 Å². The molecule has 0 spiro atoms. The minimum absolute atomic E-state index is 0.0315. The van der Waals surface area contributed by atoms with Crippen LogP contribution in [0.25, 0.3) is 0 Å². The van der Waals surface area contributed by atoms with Crippen LogP contribution in [-0.2, 0) is 16.1 Å². The van der Waals surface area contributed by atoms with E-state index in [1.54, 1.807) is 18.3 Å². The maximum Gasteiger partial charge on any atom is 0.352 e. The summed E-state index contributed by atoms with van der Waals surface area (Å²) in [7, 11) is 0. The topological polar surface area (TPSA) is 71.5 Å². The van der Waals surface area contributed by atoms with Crippen LogP contribution in [0.4, 0.5) is 0 Å². The number of nitrogens with one attached hydrogen (secondary N) is 1. The van der Waals surface area contributed by atoms with Crippen LogP contribution >= 0.6 is 23.2 Å². The molecule has 1 atom stereocenters. The molecule has 1 aromatic rings. The fraction of sp³-hybridized carbons (Fsp3) is 0.273. The van der Waals surface area contributed by atoms with Crippen LogP contribution in [0.15, 0.2) is 29.1 Å². The maximum atomic E-state index is 11.2. The van der Waals surface area contributed by atoms with Crippen molar-refractivity contribution in [1.29, 1.82) is 0 Å². The highest BCUT2D eigenvalue weighted by molar-refractivity contribution is 6.42. The average Bonchev–Trinajstić information content (AvgIpc) is 2.65. The molecule has 96 valence electrons. The van der Waals surface area contributed by atoms with E-state index in [0.29, 0.717) is 17.4 Å². The predicted octanol–water partition coefficient (Wildman–Crippen LogP) is 1.19. The molecule has 2 heterocycles. The van der Waals surface area contributed by atoms with Crippen molar-refractivity contribution in [2.24, 2.45) is 0 Å². The van der Waals surface area contributed by atoms with Gasteiger partial charge in [-0.2, -0.15) is 0 Å². The van der Waals surface area contributed by atoms with Crippen LogP contribution in [0.5, 0.6) is 0 Å². The summed E-state index contributed by atoms with van der Waals surface area (Å²) in [6.07, 6.45) is 0.875. The number of hydrogen-bond donors (Lipinski definition) is 2. The fourth-order valence-electron chi connectivity index (χ4n) is 1.52. The smallest absolute Gasteiger partial charge is 0.352 e. The lowest BCUT2D eigenvalue weighted by molar-refractivity contribution is -0.140. The molecule has 0 aromatic carbocycles. The molecule has 18 heavy (non-hydrogen) atoms. The van der Waals surface area contributed by atoms with E-state index in [4.69, 9.17) is 33.0 Å². The molecule has 5 nitrogen and oxygen atoms in total. The molecule has 0 saturated carbocycles. The standard InChI is InChI=1S/C11H10Cl2N2O3/c12-8-2-1-6(3-14-8)4-15-10-7(5-16)18-11(17)9(10)13/h1-3,7,15-16H,4-5H2. The molecule has 0 saturated heterocycles. The molecule has 1 aliphatic heterocycles. The van der Waals surface area contributed by atoms with E-state index in [1.165, 1.54) is 0 Å². The molecule has 0 fully saturated rings. The zero-order valence-electron chi connectivity index (χ0n) is 9.19. The highest BCUT2D eigenvalue weighted by Crippen LogP contribution is 2.23. The SMILES string of the molecule is O=C1OC(CO)C(NCc2ccc(Cl)nc2)=C1Cl. The predicted molar refractivity (Wildman–Crippen MR) is 65.9 cm³/mol. The molecule has 2 N–H and O–H groups in total. The van der Waals surface area contributed by atoms with Gasteiger partial charge in [0.1, 0.15) is 10.2 Å². The molecule has 2 rings (SSSR count). The minimum Gasteiger partial charge on any atom is -0.449 e. The Balaban J connectivity index is 2.05. The first kappa shape index (κ1) is 13.1. The Morgan fingerprint density at radius 2 is 2.22 bits per heavy atom. The van der Waals surface area contributed by atoms with Gasteiger partial charge in [-0.1, -0.05) is 29.3 Å². The Morgan fingerprint density at radius 3 is 2.83 bits per heavy atom. The number of aliphatic hydroxyl groups excluding tert-OH is 1. The van der Waals surface area contributed by atoms with Crippen molar-refractivity contribution in [2.45, 2.75) is 12.6 Å². The van der Waals surface area contributed by atoms with E-state index in [2.05, 4.69) is 10.3 Å². The minimum atomic E-state index is -0.731. The first-order valence-corrected chi connectivity index (χ1v) is 5.93. The monoisotopic (exact) mass is 288 g/mol. The van der Waals surface area contributed by atoms with E-state index in [1.807, 2.05) is 0 Å². The summed E-state index contributed by atoms with van der Waals surface area (Å²) in [5, 5.41) is 12.4. The van der Waals surface area contributed by atoms with Gasteiger partial charge in [0, 0.05) is 12.7 Å². The number of aliphatic hydroxyl groups is 1. The second-order valence-corrected chi connectivity index (χ2v) is 4.41. The number of nitrogens with zero attached hydrogens (tertiary/aromatic N) is 1. The Labute approximate surface area is 113 Å². The quantitative estimate of drug-likeness (QED) is 0.643. The number of carbonyl (C=O) groups excluding carboxylic acids is 1. The normalized spacial score (nSPS) is 19.1. The van der Waals surface area contributed by atoms with Crippen LogP contribution in [0.3, 0.4) is 0 Å². The highest BCUT2D eigenvalue weighted by Gasteiger charge is 2.32. The van der Waals surface area contributed by atoms with Gasteiger partial charge in [-0.3, -0.25) is 0 Å². The number of ether oxygens (including phenoxy) is 1. The van der Waals surface area contributed by atoms with Gasteiger partial charge < -0.3 is 15.2 Å². The van der Waals surface area contributed by atoms with Crippen LogP contribution in [0.2, 0.25) is 5.15 Å². The summed E-state index contributed by atoms with van der Waals surface area (Å²) in [5.74, 6) is -0.632. The number of carbonyl (C=O) groups is 1. The number of aromatic nitrogens is 1. The van der Waals surface area contributed by atoms with E-state index in [-0.39, 0.29) is 11.6 Å². The number of pyridine rings is 1. The number of hydrogen-bond acceptors (Lipinski definition) is 5. The van der Waals surface area contributed by atoms with Gasteiger partial charge in [-0.05, 0) is 11.6 Å². The lowest BCUT2D eigenvalue weighted by atomic mass is 10.2. The molecule has 0 amide bonds. The first-order valence-electron chi connectivity index (χ1n) is 5.17. The molecule has 0 radical (unpaired) electrons. The molecule has 0 bridgehead atoms. The lowest BCUT2D eigenvalue weighted by Crippen LogP contribution is -2.25.